The lowest BCUT2D eigenvalue weighted by Gasteiger charge is -2.24. The van der Waals surface area contributed by atoms with Gasteiger partial charge in [0.1, 0.15) is 27.4 Å². The highest BCUT2D eigenvalue weighted by Crippen LogP contribution is 2.39. The summed E-state index contributed by atoms with van der Waals surface area (Å²) in [5.41, 5.74) is 31.1. The molecule has 4 N–H and O–H groups in total. The molecular formula is C104H92N18S. The maximum atomic E-state index is 4.71. The van der Waals surface area contributed by atoms with Crippen molar-refractivity contribution in [1.29, 1.82) is 0 Å². The van der Waals surface area contributed by atoms with Gasteiger partial charge < -0.3 is 21.3 Å². The third-order valence-electron chi connectivity index (χ3n) is 25.0. The Morgan fingerprint density at radius 2 is 0.626 bits per heavy atom. The molecule has 4 fully saturated rings. The van der Waals surface area contributed by atoms with Crippen molar-refractivity contribution < 1.29 is 0 Å². The first-order valence-electron chi connectivity index (χ1n) is 43.3. The summed E-state index contributed by atoms with van der Waals surface area (Å²) in [4.78, 5) is 46.5. The topological polar surface area (TPSA) is 195 Å². The molecule has 19 heterocycles. The number of hydrogen-bond acceptors (Lipinski definition) is 15. The molecule has 4 aliphatic rings. The lowest BCUT2D eigenvalue weighted by molar-refractivity contribution is 0.412. The number of nitrogens with zero attached hydrogens (tertiary/aromatic N) is 14. The van der Waals surface area contributed by atoms with Crippen molar-refractivity contribution >= 4 is 77.1 Å². The highest BCUT2D eigenvalue weighted by molar-refractivity contribution is 7.17. The molecule has 0 aliphatic carbocycles. The summed E-state index contributed by atoms with van der Waals surface area (Å²) in [5.74, 6) is 0. The summed E-state index contributed by atoms with van der Waals surface area (Å²) in [6.45, 7) is 4.49. The van der Waals surface area contributed by atoms with E-state index >= 15 is 0 Å². The largest absolute Gasteiger partial charge is 0.310 e. The molecular weight excluding hydrogens is 1530 g/mol. The Morgan fingerprint density at radius 3 is 1.08 bits per heavy atom. The van der Waals surface area contributed by atoms with E-state index in [9.17, 15) is 0 Å². The van der Waals surface area contributed by atoms with Crippen LogP contribution in [0.5, 0.6) is 0 Å². The predicted molar refractivity (Wildman–Crippen MR) is 497 cm³/mol. The van der Waals surface area contributed by atoms with Gasteiger partial charge in [-0.3, -0.25) is 32.6 Å². The van der Waals surface area contributed by atoms with E-state index in [0.29, 0.717) is 24.2 Å². The molecule has 20 aromatic rings. The maximum Gasteiger partial charge on any atom is 0.159 e. The zero-order chi connectivity index (χ0) is 81.8. The van der Waals surface area contributed by atoms with Crippen LogP contribution < -0.4 is 21.3 Å². The van der Waals surface area contributed by atoms with Gasteiger partial charge in [0.15, 0.2) is 5.65 Å². The van der Waals surface area contributed by atoms with Crippen molar-refractivity contribution in [3.05, 3.63) is 339 Å². The molecule has 4 atom stereocenters. The van der Waals surface area contributed by atoms with Gasteiger partial charge in [-0.25, -0.2) is 34.9 Å². The van der Waals surface area contributed by atoms with Crippen LogP contribution in [0, 0.1) is 0 Å². The van der Waals surface area contributed by atoms with E-state index < -0.39 is 0 Å². The van der Waals surface area contributed by atoms with Crippen molar-refractivity contribution in [3.8, 4) is 89.5 Å². The van der Waals surface area contributed by atoms with Crippen LogP contribution in [0.15, 0.2) is 317 Å². The number of imidazole rings is 4. The van der Waals surface area contributed by atoms with Crippen molar-refractivity contribution in [3.63, 3.8) is 0 Å². The molecule has 24 rings (SSSR count). The lowest BCUT2D eigenvalue weighted by atomic mass is 9.95. The molecule has 0 radical (unpaired) electrons. The summed E-state index contributed by atoms with van der Waals surface area (Å²) in [7, 11) is 0. The van der Waals surface area contributed by atoms with Gasteiger partial charge >= 0.3 is 0 Å². The van der Waals surface area contributed by atoms with Gasteiger partial charge in [-0.05, 0) is 254 Å². The van der Waals surface area contributed by atoms with E-state index in [0.717, 1.165) is 126 Å². The maximum absolute atomic E-state index is 4.71. The molecule has 4 saturated heterocycles. The molecule has 0 spiro atoms. The number of nitrogens with one attached hydrogen (secondary N) is 4. The number of pyridine rings is 10. The molecule has 4 aliphatic heterocycles. The molecule has 0 saturated carbocycles. The highest BCUT2D eigenvalue weighted by Gasteiger charge is 2.23. The SMILES string of the molecule is c1cc(-c2cnc3cc(-c4ccc(C5CCCCN5)cc4)ccn23)c2cccnc2c1.c1cnc2c(-c3cnc4cc(-c5ccc(C6CCCCN6)cc5)ccn34)ccnc2c1.c1cnc2nccc(-c3cnc4cc(-c5ccc(C6CCCCN6)cc5)ccn34)c2c1.c1cnc2scc(-c3cnc4cc(-c5ccc(C6CCCCN6)cc5)ccn34)c2c1. The first-order valence-corrected chi connectivity index (χ1v) is 44.2. The number of fused-ring (bicyclic) bond motifs is 8. The second-order valence-electron chi connectivity index (χ2n) is 32.5. The van der Waals surface area contributed by atoms with Crippen LogP contribution in [0.3, 0.4) is 0 Å². The fourth-order valence-corrected chi connectivity index (χ4v) is 19.3. The Hall–Kier alpha value is -13.7. The third-order valence-corrected chi connectivity index (χ3v) is 25.9. The minimum absolute atomic E-state index is 0.490. The number of aromatic nitrogens is 14. The van der Waals surface area contributed by atoms with E-state index in [1.165, 1.54) is 155 Å². The Labute approximate surface area is 717 Å². The quantitative estimate of drug-likeness (QED) is 0.0902. The highest BCUT2D eigenvalue weighted by atomic mass is 32.1. The second-order valence-corrected chi connectivity index (χ2v) is 33.3. The molecule has 19 heteroatoms. The Balaban J connectivity index is 0.000000101. The molecule has 123 heavy (non-hydrogen) atoms. The second kappa shape index (κ2) is 34.8. The first-order chi connectivity index (χ1) is 61.0. The third kappa shape index (κ3) is 15.9. The van der Waals surface area contributed by atoms with Gasteiger partial charge in [0.2, 0.25) is 0 Å². The van der Waals surface area contributed by atoms with Gasteiger partial charge in [0, 0.05) is 130 Å². The monoisotopic (exact) mass is 1620 g/mol. The van der Waals surface area contributed by atoms with Crippen molar-refractivity contribution in [2.45, 2.75) is 101 Å². The van der Waals surface area contributed by atoms with E-state index in [2.05, 4.69) is 280 Å². The number of piperidine rings is 4. The molecule has 0 amide bonds. The molecule has 15 aromatic heterocycles. The van der Waals surface area contributed by atoms with Gasteiger partial charge in [0.05, 0.1) is 64.1 Å². The van der Waals surface area contributed by atoms with Gasteiger partial charge in [0.25, 0.3) is 0 Å². The van der Waals surface area contributed by atoms with Crippen LogP contribution in [0.4, 0.5) is 0 Å². The van der Waals surface area contributed by atoms with Crippen LogP contribution >= 0.6 is 11.3 Å². The summed E-state index contributed by atoms with van der Waals surface area (Å²) in [6.07, 6.45) is 42.4. The standard InChI is InChI=1S/C27H24N4.2C26H23N5.C25H22N4S/c1-2-14-28-24(7-1)20-11-9-19(10-12-20)21-13-16-31-26(18-30-27(31)17-21)23-5-3-8-25-22(23)6-4-15-29-25;1-2-12-27-23(5-1)19-8-6-18(7-9-19)20-11-15-31-24(17-30-25(31)16-20)21-10-14-29-26-22(21)4-3-13-28-26;1-2-12-27-22(4-1)19-8-6-18(7-9-19)20-11-15-31-24(17-30-25(31)16-20)21-10-14-28-23-5-3-13-29-26(21)23;1-2-11-26-22(5-1)18-8-6-17(7-9-18)19-10-13-29-23(15-28-24(29)14-19)21-16-30-25-20(21)4-3-12-27-25/h3-6,8-13,15-18,24,28H,1-2,7,14H2;3-4,6-11,13-17,23,27H,1-2,5,12H2;3,5-11,13-17,22,27H,1-2,4,12H2;3-4,6-10,12-16,22,26H,1-2,5,11H2. The van der Waals surface area contributed by atoms with Crippen molar-refractivity contribution in [1.82, 2.24) is 88.7 Å². The van der Waals surface area contributed by atoms with Crippen LogP contribution in [0.2, 0.25) is 0 Å². The number of rotatable bonds is 12. The zero-order valence-electron chi connectivity index (χ0n) is 68.3. The van der Waals surface area contributed by atoms with Gasteiger partial charge in [-0.1, -0.05) is 141 Å². The zero-order valence-corrected chi connectivity index (χ0v) is 69.1. The van der Waals surface area contributed by atoms with Gasteiger partial charge in [-0.2, -0.15) is 0 Å². The molecule has 18 nitrogen and oxygen atoms in total. The fourth-order valence-electron chi connectivity index (χ4n) is 18.4. The summed E-state index contributed by atoms with van der Waals surface area (Å²) < 4.78 is 8.57. The van der Waals surface area contributed by atoms with E-state index in [-0.39, 0.29) is 0 Å². The predicted octanol–water partition coefficient (Wildman–Crippen LogP) is 23.0. The first kappa shape index (κ1) is 76.7. The molecule has 4 unspecified atom stereocenters. The molecule has 0 bridgehead atoms. The minimum Gasteiger partial charge on any atom is -0.310 e. The average Bonchev–Trinajstić information content (AvgIpc) is 1.60. The van der Waals surface area contributed by atoms with Crippen LogP contribution in [0.1, 0.15) is 123 Å². The van der Waals surface area contributed by atoms with E-state index in [4.69, 9.17) is 15.0 Å². The average molecular weight is 1630 g/mol. The normalized spacial score (nSPS) is 16.8. The van der Waals surface area contributed by atoms with Crippen molar-refractivity contribution in [2.24, 2.45) is 0 Å². The van der Waals surface area contributed by atoms with Crippen LogP contribution in [-0.4, -0.2) is 93.6 Å². The number of thiophene rings is 1. The lowest BCUT2D eigenvalue weighted by Crippen LogP contribution is -2.26. The Bertz CT molecular complexity index is 6600. The van der Waals surface area contributed by atoms with Gasteiger partial charge in [-0.15, -0.1) is 11.3 Å². The fraction of sp³-hybridized carbons (Fsp3) is 0.192. The van der Waals surface area contributed by atoms with Crippen molar-refractivity contribution in [2.75, 3.05) is 26.2 Å². The summed E-state index contributed by atoms with van der Waals surface area (Å²) >= 11 is 1.68. The molecule has 5 aromatic carbocycles. The van der Waals surface area contributed by atoms with Crippen LogP contribution in [0.25, 0.3) is 155 Å². The van der Waals surface area contributed by atoms with Crippen LogP contribution in [-0.2, 0) is 0 Å². The minimum atomic E-state index is 0.490. The smallest absolute Gasteiger partial charge is 0.159 e. The molecule has 604 valence electrons. The Kier molecular flexibility index (Phi) is 21.7. The number of hydrogen-bond donors (Lipinski definition) is 4. The van der Waals surface area contributed by atoms with E-state index in [1.807, 2.05) is 91.9 Å². The number of benzene rings is 5. The summed E-state index contributed by atoms with van der Waals surface area (Å²) in [5, 5.41) is 20.0. The summed E-state index contributed by atoms with van der Waals surface area (Å²) in [6, 6.07) is 81.6. The van der Waals surface area contributed by atoms with E-state index in [1.54, 1.807) is 29.9 Å². The Morgan fingerprint density at radius 1 is 0.268 bits per heavy atom.